The van der Waals surface area contributed by atoms with Crippen LogP contribution in [0.2, 0.25) is 0 Å². The number of hydrogen-bond acceptors (Lipinski definition) is 4. The van der Waals surface area contributed by atoms with Gasteiger partial charge in [-0.05, 0) is 31.0 Å². The van der Waals surface area contributed by atoms with Gasteiger partial charge in [0.25, 0.3) is 0 Å². The molecule has 2 rings (SSSR count). The molecule has 5 nitrogen and oxygen atoms in total. The van der Waals surface area contributed by atoms with Gasteiger partial charge in [-0.15, -0.1) is 0 Å². The fourth-order valence-electron chi connectivity index (χ4n) is 1.94. The minimum atomic E-state index is -1.07. The van der Waals surface area contributed by atoms with Crippen molar-refractivity contribution in [2.45, 2.75) is 19.8 Å². The van der Waals surface area contributed by atoms with E-state index in [1.807, 2.05) is 0 Å². The van der Waals surface area contributed by atoms with Gasteiger partial charge in [-0.3, -0.25) is 4.79 Å². The molecule has 1 amide bonds. The Morgan fingerprint density at radius 1 is 1.36 bits per heavy atom. The number of halogens is 2. The number of carbonyl (C=O) groups is 1. The summed E-state index contributed by atoms with van der Waals surface area (Å²) in [6.45, 7) is 1.83. The van der Waals surface area contributed by atoms with Crippen molar-refractivity contribution in [2.24, 2.45) is 5.73 Å². The summed E-state index contributed by atoms with van der Waals surface area (Å²) < 4.78 is 32.7. The zero-order valence-electron chi connectivity index (χ0n) is 12.0. The smallest absolute Gasteiger partial charge is 0.217 e. The van der Waals surface area contributed by atoms with Crippen LogP contribution in [0.3, 0.4) is 0 Å². The Kier molecular flexibility index (Phi) is 4.98. The number of rotatable bonds is 6. The zero-order valence-corrected chi connectivity index (χ0v) is 12.0. The van der Waals surface area contributed by atoms with E-state index >= 15 is 0 Å². The Bertz CT molecular complexity index is 692. The van der Waals surface area contributed by atoms with Crippen molar-refractivity contribution in [3.63, 3.8) is 0 Å². The van der Waals surface area contributed by atoms with E-state index in [2.05, 4.69) is 9.97 Å². The van der Waals surface area contributed by atoms with Crippen molar-refractivity contribution in [2.75, 3.05) is 6.61 Å². The van der Waals surface area contributed by atoms with Crippen LogP contribution in [0, 0.1) is 18.6 Å². The molecule has 0 fully saturated rings. The molecule has 1 aromatic carbocycles. The molecule has 0 unspecified atom stereocenters. The molecule has 0 saturated heterocycles. The van der Waals surface area contributed by atoms with E-state index in [1.54, 1.807) is 13.1 Å². The molecule has 0 aliphatic carbocycles. The van der Waals surface area contributed by atoms with Crippen LogP contribution in [0.1, 0.15) is 18.4 Å². The lowest BCUT2D eigenvalue weighted by atomic mass is 10.1. The lowest BCUT2D eigenvalue weighted by Gasteiger charge is -2.10. The van der Waals surface area contributed by atoms with Crippen LogP contribution in [0.15, 0.2) is 24.7 Å². The first kappa shape index (κ1) is 15.8. The summed E-state index contributed by atoms with van der Waals surface area (Å²) >= 11 is 0. The van der Waals surface area contributed by atoms with Gasteiger partial charge in [0.1, 0.15) is 6.33 Å². The first-order valence-corrected chi connectivity index (χ1v) is 6.66. The first-order valence-electron chi connectivity index (χ1n) is 6.66. The van der Waals surface area contributed by atoms with Crippen molar-refractivity contribution < 1.29 is 18.3 Å². The molecule has 0 bridgehead atoms. The lowest BCUT2D eigenvalue weighted by molar-refractivity contribution is -0.118. The topological polar surface area (TPSA) is 78.1 Å². The Balaban J connectivity index is 2.24. The van der Waals surface area contributed by atoms with Gasteiger partial charge in [-0.25, -0.2) is 14.4 Å². The van der Waals surface area contributed by atoms with Crippen molar-refractivity contribution in [3.05, 3.63) is 41.9 Å². The molecule has 1 aromatic heterocycles. The lowest BCUT2D eigenvalue weighted by Crippen LogP contribution is -2.12. The quantitative estimate of drug-likeness (QED) is 0.831. The van der Waals surface area contributed by atoms with E-state index in [-0.39, 0.29) is 18.8 Å². The van der Waals surface area contributed by atoms with Crippen LogP contribution >= 0.6 is 0 Å². The summed E-state index contributed by atoms with van der Waals surface area (Å²) in [5, 5.41) is 0. The molecule has 2 N–H and O–H groups in total. The molecule has 116 valence electrons. The second-order valence-corrected chi connectivity index (χ2v) is 4.74. The number of carbonyl (C=O) groups excluding carboxylic acids is 1. The summed E-state index contributed by atoms with van der Waals surface area (Å²) in [6, 6.07) is 2.43. The van der Waals surface area contributed by atoms with Gasteiger partial charge >= 0.3 is 0 Å². The average Bonchev–Trinajstić information content (AvgIpc) is 2.48. The maximum atomic E-state index is 13.8. The SMILES string of the molecule is Cc1cncnc1-c1cc(F)c(F)c(OCCCC(N)=O)c1. The van der Waals surface area contributed by atoms with Crippen LogP contribution in [0.25, 0.3) is 11.3 Å². The second kappa shape index (κ2) is 6.93. The third kappa shape index (κ3) is 3.75. The normalized spacial score (nSPS) is 10.5. The number of nitrogens with zero attached hydrogens (tertiary/aromatic N) is 2. The minimum Gasteiger partial charge on any atom is -0.490 e. The molecular formula is C15H15F2N3O2. The third-order valence-corrected chi connectivity index (χ3v) is 2.99. The highest BCUT2D eigenvalue weighted by Crippen LogP contribution is 2.29. The summed E-state index contributed by atoms with van der Waals surface area (Å²) in [7, 11) is 0. The maximum Gasteiger partial charge on any atom is 0.217 e. The van der Waals surface area contributed by atoms with Crippen molar-refractivity contribution in [3.8, 4) is 17.0 Å². The maximum absolute atomic E-state index is 13.8. The third-order valence-electron chi connectivity index (χ3n) is 2.99. The summed E-state index contributed by atoms with van der Waals surface area (Å²) in [4.78, 5) is 18.5. The highest BCUT2D eigenvalue weighted by atomic mass is 19.2. The van der Waals surface area contributed by atoms with Crippen LogP contribution in [0.4, 0.5) is 8.78 Å². The summed E-state index contributed by atoms with van der Waals surface area (Å²) in [5.74, 6) is -2.80. The first-order chi connectivity index (χ1) is 10.5. The van der Waals surface area contributed by atoms with Gasteiger partial charge in [-0.2, -0.15) is 4.39 Å². The van der Waals surface area contributed by atoms with Crippen molar-refractivity contribution in [1.82, 2.24) is 9.97 Å². The fraction of sp³-hybridized carbons (Fsp3) is 0.267. The number of aromatic nitrogens is 2. The molecule has 0 aliphatic heterocycles. The van der Waals surface area contributed by atoms with Crippen molar-refractivity contribution >= 4 is 5.91 Å². The fourth-order valence-corrected chi connectivity index (χ4v) is 1.94. The Hall–Kier alpha value is -2.57. The van der Waals surface area contributed by atoms with Gasteiger partial charge < -0.3 is 10.5 Å². The Morgan fingerprint density at radius 3 is 2.82 bits per heavy atom. The summed E-state index contributed by atoms with van der Waals surface area (Å²) in [5.41, 5.74) is 6.62. The number of hydrogen-bond donors (Lipinski definition) is 1. The Labute approximate surface area is 126 Å². The molecule has 0 radical (unpaired) electrons. The Morgan fingerprint density at radius 2 is 2.14 bits per heavy atom. The van der Waals surface area contributed by atoms with Gasteiger partial charge in [0, 0.05) is 18.2 Å². The van der Waals surface area contributed by atoms with E-state index in [4.69, 9.17) is 10.5 Å². The number of benzene rings is 1. The predicted octanol–water partition coefficient (Wildman–Crippen LogP) is 2.37. The highest BCUT2D eigenvalue weighted by Gasteiger charge is 2.15. The van der Waals surface area contributed by atoms with Gasteiger partial charge in [-0.1, -0.05) is 0 Å². The number of amides is 1. The van der Waals surface area contributed by atoms with Gasteiger partial charge in [0.15, 0.2) is 11.6 Å². The second-order valence-electron chi connectivity index (χ2n) is 4.74. The van der Waals surface area contributed by atoms with Gasteiger partial charge in [0.2, 0.25) is 11.7 Å². The number of primary amides is 1. The zero-order chi connectivity index (χ0) is 16.1. The predicted molar refractivity (Wildman–Crippen MR) is 76.0 cm³/mol. The van der Waals surface area contributed by atoms with E-state index < -0.39 is 17.5 Å². The molecule has 22 heavy (non-hydrogen) atoms. The molecule has 0 saturated carbocycles. The molecule has 0 aliphatic rings. The van der Waals surface area contributed by atoms with E-state index in [0.29, 0.717) is 17.7 Å². The molecule has 0 spiro atoms. The van der Waals surface area contributed by atoms with E-state index in [0.717, 1.165) is 11.6 Å². The van der Waals surface area contributed by atoms with Crippen LogP contribution in [-0.4, -0.2) is 22.5 Å². The number of ether oxygens (including phenoxy) is 1. The van der Waals surface area contributed by atoms with Crippen LogP contribution in [-0.2, 0) is 4.79 Å². The molecule has 1 heterocycles. The number of aryl methyl sites for hydroxylation is 1. The summed E-state index contributed by atoms with van der Waals surface area (Å²) in [6.07, 6.45) is 3.36. The average molecular weight is 307 g/mol. The largest absolute Gasteiger partial charge is 0.490 e. The van der Waals surface area contributed by atoms with Crippen molar-refractivity contribution in [1.29, 1.82) is 0 Å². The molecule has 0 atom stereocenters. The minimum absolute atomic E-state index is 0.0610. The highest BCUT2D eigenvalue weighted by molar-refractivity contribution is 5.73. The van der Waals surface area contributed by atoms with Crippen LogP contribution < -0.4 is 10.5 Å². The number of nitrogens with two attached hydrogens (primary N) is 1. The monoisotopic (exact) mass is 307 g/mol. The van der Waals surface area contributed by atoms with Crippen LogP contribution in [0.5, 0.6) is 5.75 Å². The molecule has 2 aromatic rings. The molecular weight excluding hydrogens is 292 g/mol. The van der Waals surface area contributed by atoms with E-state index in [9.17, 15) is 13.6 Å². The standard InChI is InChI=1S/C15H15F2N3O2/c1-9-7-19-8-20-15(9)10-5-11(16)14(17)12(6-10)22-4-2-3-13(18)21/h5-8H,2-4H2,1H3,(H2,18,21). The van der Waals surface area contributed by atoms with E-state index in [1.165, 1.54) is 12.4 Å². The molecule has 7 heteroatoms. The van der Waals surface area contributed by atoms with Gasteiger partial charge in [0.05, 0.1) is 12.3 Å².